The van der Waals surface area contributed by atoms with Crippen LogP contribution in [0.4, 0.5) is 0 Å². The van der Waals surface area contributed by atoms with Gasteiger partial charge in [-0.3, -0.25) is 4.79 Å². The normalized spacial score (nSPS) is 16.0. The molecule has 4 heteroatoms. The molecule has 0 amide bonds. The van der Waals surface area contributed by atoms with Gasteiger partial charge in [0.2, 0.25) is 0 Å². The van der Waals surface area contributed by atoms with Crippen LogP contribution < -0.4 is 5.56 Å². The van der Waals surface area contributed by atoms with Crippen LogP contribution in [0.25, 0.3) is 0 Å². The van der Waals surface area contributed by atoms with Crippen molar-refractivity contribution < 1.29 is 0 Å². The molecule has 0 radical (unpaired) electrons. The predicted molar refractivity (Wildman–Crippen MR) is 44.7 cm³/mol. The van der Waals surface area contributed by atoms with Crippen molar-refractivity contribution in [3.8, 4) is 0 Å². The molecule has 0 aromatic carbocycles. The zero-order chi connectivity index (χ0) is 7.68. The lowest BCUT2D eigenvalue weighted by Crippen LogP contribution is -2.19. The molecule has 11 heavy (non-hydrogen) atoms. The summed E-state index contributed by atoms with van der Waals surface area (Å²) in [4.78, 5) is 17.8. The number of hydrogen-bond acceptors (Lipinski definition) is 3. The average molecular weight is 168 g/mol. The van der Waals surface area contributed by atoms with E-state index in [1.807, 2.05) is 0 Å². The third-order valence-corrected chi connectivity index (χ3v) is 2.75. The van der Waals surface area contributed by atoms with Crippen molar-refractivity contribution in [3.05, 3.63) is 27.9 Å². The first kappa shape index (κ1) is 6.91. The van der Waals surface area contributed by atoms with E-state index in [4.69, 9.17) is 0 Å². The van der Waals surface area contributed by atoms with Crippen LogP contribution in [-0.2, 0) is 12.2 Å². The molecule has 0 spiro atoms. The van der Waals surface area contributed by atoms with Crippen molar-refractivity contribution in [1.29, 1.82) is 0 Å². The van der Waals surface area contributed by atoms with Crippen molar-refractivity contribution in [2.24, 2.45) is 0 Å². The fourth-order valence-electron chi connectivity index (χ4n) is 1.17. The van der Waals surface area contributed by atoms with Crippen molar-refractivity contribution in [2.75, 3.05) is 5.75 Å². The van der Waals surface area contributed by atoms with Crippen LogP contribution in [0, 0.1) is 0 Å². The number of thioether (sulfide) groups is 1. The molecule has 0 bridgehead atoms. The summed E-state index contributed by atoms with van der Waals surface area (Å²) in [6, 6.07) is 0. The molecule has 1 aliphatic rings. The lowest BCUT2D eigenvalue weighted by molar-refractivity contribution is 0.931. The van der Waals surface area contributed by atoms with Crippen LogP contribution in [0.15, 0.2) is 11.1 Å². The third-order valence-electron chi connectivity index (χ3n) is 1.77. The summed E-state index contributed by atoms with van der Waals surface area (Å²) in [6.45, 7) is 0. The van der Waals surface area contributed by atoms with Gasteiger partial charge in [0.05, 0.1) is 12.0 Å². The van der Waals surface area contributed by atoms with Gasteiger partial charge in [-0.25, -0.2) is 4.98 Å². The first-order valence-corrected chi connectivity index (χ1v) is 4.66. The van der Waals surface area contributed by atoms with Crippen molar-refractivity contribution in [3.63, 3.8) is 0 Å². The molecule has 3 nitrogen and oxygen atoms in total. The van der Waals surface area contributed by atoms with Crippen LogP contribution in [-0.4, -0.2) is 15.7 Å². The lowest BCUT2D eigenvalue weighted by atomic mass is 10.2. The number of aromatic amines is 1. The summed E-state index contributed by atoms with van der Waals surface area (Å²) in [5, 5.41) is 0. The SMILES string of the molecule is O=c1[nH]cnc2c1CSCC2. The zero-order valence-corrected chi connectivity index (χ0v) is 6.78. The summed E-state index contributed by atoms with van der Waals surface area (Å²) in [5.41, 5.74) is 1.87. The van der Waals surface area contributed by atoms with Crippen molar-refractivity contribution in [1.82, 2.24) is 9.97 Å². The molecule has 0 fully saturated rings. The maximum Gasteiger partial charge on any atom is 0.254 e. The first-order chi connectivity index (χ1) is 5.38. The maximum absolute atomic E-state index is 11.2. The highest BCUT2D eigenvalue weighted by atomic mass is 32.2. The smallest absolute Gasteiger partial charge is 0.254 e. The molecule has 0 saturated heterocycles. The van der Waals surface area contributed by atoms with Crippen LogP contribution in [0.3, 0.4) is 0 Å². The summed E-state index contributed by atoms with van der Waals surface area (Å²) in [6.07, 6.45) is 2.42. The second-order valence-corrected chi connectivity index (χ2v) is 3.56. The number of rotatable bonds is 0. The maximum atomic E-state index is 11.2. The highest BCUT2D eigenvalue weighted by Crippen LogP contribution is 2.18. The zero-order valence-electron chi connectivity index (χ0n) is 5.96. The molecule has 2 rings (SSSR count). The highest BCUT2D eigenvalue weighted by molar-refractivity contribution is 7.98. The molecule has 1 aliphatic heterocycles. The number of nitrogens with one attached hydrogen (secondary N) is 1. The third kappa shape index (κ3) is 1.18. The molecular weight excluding hydrogens is 160 g/mol. The van der Waals surface area contributed by atoms with Gasteiger partial charge >= 0.3 is 0 Å². The van der Waals surface area contributed by atoms with E-state index < -0.39 is 0 Å². The Hall–Kier alpha value is -0.770. The Balaban J connectivity index is 2.58. The summed E-state index contributed by atoms with van der Waals surface area (Å²) < 4.78 is 0. The second kappa shape index (κ2) is 2.70. The minimum absolute atomic E-state index is 0.0298. The number of hydrogen-bond donors (Lipinski definition) is 1. The van der Waals surface area contributed by atoms with Crippen LogP contribution in [0.5, 0.6) is 0 Å². The Morgan fingerprint density at radius 2 is 2.55 bits per heavy atom. The Morgan fingerprint density at radius 1 is 1.64 bits per heavy atom. The summed E-state index contributed by atoms with van der Waals surface area (Å²) >= 11 is 1.79. The van der Waals surface area contributed by atoms with Gasteiger partial charge in [0.15, 0.2) is 0 Å². The van der Waals surface area contributed by atoms with Crippen LogP contribution in [0.1, 0.15) is 11.3 Å². The van der Waals surface area contributed by atoms with E-state index in [9.17, 15) is 4.79 Å². The largest absolute Gasteiger partial charge is 0.313 e. The molecule has 1 N–H and O–H groups in total. The van der Waals surface area contributed by atoms with E-state index in [2.05, 4.69) is 9.97 Å². The van der Waals surface area contributed by atoms with Gasteiger partial charge in [-0.2, -0.15) is 11.8 Å². The molecule has 58 valence electrons. The van der Waals surface area contributed by atoms with E-state index in [0.717, 1.165) is 29.2 Å². The van der Waals surface area contributed by atoms with Gasteiger partial charge in [-0.05, 0) is 12.2 Å². The van der Waals surface area contributed by atoms with Crippen molar-refractivity contribution >= 4 is 11.8 Å². The molecular formula is C7H8N2OS. The lowest BCUT2D eigenvalue weighted by Gasteiger charge is -2.11. The minimum atomic E-state index is 0.0298. The van der Waals surface area contributed by atoms with E-state index in [1.54, 1.807) is 11.8 Å². The minimum Gasteiger partial charge on any atom is -0.313 e. The van der Waals surface area contributed by atoms with Gasteiger partial charge in [0.1, 0.15) is 0 Å². The molecule has 0 saturated carbocycles. The van der Waals surface area contributed by atoms with Gasteiger partial charge in [-0.15, -0.1) is 0 Å². The molecule has 0 aliphatic carbocycles. The molecule has 1 aromatic rings. The predicted octanol–water partition coefficient (Wildman–Crippen LogP) is 0.559. The first-order valence-electron chi connectivity index (χ1n) is 3.51. The molecule has 2 heterocycles. The Bertz CT molecular complexity index is 320. The van der Waals surface area contributed by atoms with Crippen molar-refractivity contribution in [2.45, 2.75) is 12.2 Å². The van der Waals surface area contributed by atoms with E-state index in [0.29, 0.717) is 0 Å². The van der Waals surface area contributed by atoms with Gasteiger partial charge < -0.3 is 4.98 Å². The van der Waals surface area contributed by atoms with E-state index in [1.165, 1.54) is 6.33 Å². The number of fused-ring (bicyclic) bond motifs is 1. The quantitative estimate of drug-likeness (QED) is 0.615. The van der Waals surface area contributed by atoms with Gasteiger partial charge in [0.25, 0.3) is 5.56 Å². The van der Waals surface area contributed by atoms with Crippen LogP contribution in [0.2, 0.25) is 0 Å². The Kier molecular flexibility index (Phi) is 1.69. The van der Waals surface area contributed by atoms with Gasteiger partial charge in [0, 0.05) is 11.3 Å². The number of aromatic nitrogens is 2. The van der Waals surface area contributed by atoms with E-state index in [-0.39, 0.29) is 5.56 Å². The van der Waals surface area contributed by atoms with Gasteiger partial charge in [-0.1, -0.05) is 0 Å². The fourth-order valence-corrected chi connectivity index (χ4v) is 2.16. The number of aryl methyl sites for hydroxylation is 1. The van der Waals surface area contributed by atoms with Crippen LogP contribution >= 0.6 is 11.8 Å². The Morgan fingerprint density at radius 3 is 3.36 bits per heavy atom. The summed E-state index contributed by atoms with van der Waals surface area (Å²) in [5.74, 6) is 1.90. The Labute approximate surface area is 68.2 Å². The summed E-state index contributed by atoms with van der Waals surface area (Å²) in [7, 11) is 0. The number of H-pyrrole nitrogens is 1. The average Bonchev–Trinajstić information content (AvgIpc) is 2.06. The molecule has 1 aromatic heterocycles. The fraction of sp³-hybridized carbons (Fsp3) is 0.429. The second-order valence-electron chi connectivity index (χ2n) is 2.46. The topological polar surface area (TPSA) is 45.8 Å². The monoisotopic (exact) mass is 168 g/mol. The standard InChI is InChI=1S/C7H8N2OS/c10-7-5-3-11-2-1-6(5)8-4-9-7/h4H,1-3H2,(H,8,9,10). The molecule has 0 atom stereocenters. The highest BCUT2D eigenvalue weighted by Gasteiger charge is 2.12. The molecule has 0 unspecified atom stereocenters. The number of nitrogens with zero attached hydrogens (tertiary/aromatic N) is 1. The van der Waals surface area contributed by atoms with E-state index >= 15 is 0 Å².